The lowest BCUT2D eigenvalue weighted by molar-refractivity contribution is 0.677. The molecule has 0 aliphatic rings. The second-order valence-electron chi connectivity index (χ2n) is 15.7. The molecule has 0 radical (unpaired) electrons. The van der Waals surface area contributed by atoms with E-state index in [1.807, 2.05) is 0 Å². The van der Waals surface area contributed by atoms with Crippen molar-refractivity contribution in [3.05, 3.63) is 206 Å². The molecule has 0 amide bonds. The van der Waals surface area contributed by atoms with E-state index < -0.39 is 0 Å². The van der Waals surface area contributed by atoms with Crippen LogP contribution in [-0.4, -0.2) is 9.13 Å². The molecule has 3 nitrogen and oxygen atoms in total. The predicted octanol–water partition coefficient (Wildman–Crippen LogP) is 15.4. The van der Waals surface area contributed by atoms with Crippen molar-refractivity contribution in [1.29, 1.82) is 0 Å². The third kappa shape index (κ3) is 4.76. The van der Waals surface area contributed by atoms with Gasteiger partial charge in [0.05, 0.1) is 32.8 Å². The second kappa shape index (κ2) is 12.3. The monoisotopic (exact) mass is 750 g/mol. The van der Waals surface area contributed by atoms with Gasteiger partial charge in [-0.05, 0) is 129 Å². The molecule has 0 unspecified atom stereocenters. The van der Waals surface area contributed by atoms with Gasteiger partial charge in [-0.1, -0.05) is 121 Å². The summed E-state index contributed by atoms with van der Waals surface area (Å²) in [4.78, 5) is 0. The van der Waals surface area contributed by atoms with E-state index in [-0.39, 0.29) is 0 Å². The number of aromatic nitrogens is 2. The van der Waals surface area contributed by atoms with Crippen molar-refractivity contribution >= 4 is 87.1 Å². The summed E-state index contributed by atoms with van der Waals surface area (Å²) in [5.41, 5.74) is 13.3. The van der Waals surface area contributed by atoms with Crippen molar-refractivity contribution in [2.75, 3.05) is 0 Å². The van der Waals surface area contributed by atoms with Crippen LogP contribution in [-0.2, 0) is 0 Å². The maximum absolute atomic E-state index is 7.37. The zero-order valence-electron chi connectivity index (χ0n) is 31.9. The van der Waals surface area contributed by atoms with E-state index >= 15 is 0 Å². The largest absolute Gasteiger partial charge is 0.455 e. The summed E-state index contributed by atoms with van der Waals surface area (Å²) in [6.07, 6.45) is 0. The Bertz CT molecular complexity index is 3580. The van der Waals surface area contributed by atoms with Crippen LogP contribution in [0.3, 0.4) is 0 Å². The van der Waals surface area contributed by atoms with Crippen molar-refractivity contribution in [2.45, 2.75) is 0 Å². The minimum absolute atomic E-state index is 0.909. The first kappa shape index (κ1) is 32.2. The highest BCUT2D eigenvalue weighted by atomic mass is 16.3. The molecule has 0 N–H and O–H groups in total. The summed E-state index contributed by atoms with van der Waals surface area (Å²) in [5, 5.41) is 11.8. The van der Waals surface area contributed by atoms with Gasteiger partial charge >= 0.3 is 0 Å². The van der Waals surface area contributed by atoms with Crippen LogP contribution in [0.4, 0.5) is 0 Å². The molecule has 0 spiro atoms. The van der Waals surface area contributed by atoms with Gasteiger partial charge in [-0.2, -0.15) is 0 Å². The van der Waals surface area contributed by atoms with E-state index in [1.165, 1.54) is 54.6 Å². The number of fused-ring (bicyclic) bond motifs is 13. The Morgan fingerprint density at radius 1 is 0.271 bits per heavy atom. The van der Waals surface area contributed by atoms with Gasteiger partial charge in [-0.15, -0.1) is 0 Å². The first-order valence-electron chi connectivity index (χ1n) is 20.2. The zero-order chi connectivity index (χ0) is 38.6. The van der Waals surface area contributed by atoms with Crippen LogP contribution < -0.4 is 0 Å². The molecule has 10 aromatic carbocycles. The van der Waals surface area contributed by atoms with Gasteiger partial charge in [0.1, 0.15) is 11.2 Å². The van der Waals surface area contributed by atoms with Crippen LogP contribution in [0.2, 0.25) is 0 Å². The highest BCUT2D eigenvalue weighted by Crippen LogP contribution is 2.46. The number of hydrogen-bond acceptors (Lipinski definition) is 1. The van der Waals surface area contributed by atoms with Crippen molar-refractivity contribution in [3.8, 4) is 33.6 Å². The molecule has 274 valence electrons. The van der Waals surface area contributed by atoms with Gasteiger partial charge in [0, 0.05) is 32.9 Å². The van der Waals surface area contributed by atoms with E-state index in [4.69, 9.17) is 4.42 Å². The standard InChI is InChI=1S/C56H34N2O/c1-3-15-43(16-4-1)57-49-27-23-41(39-21-19-35-11-7-9-13-37(35)31-39)33-47(49)53-51(57)29-25-45-46-26-30-52-54(56(46)59-55(45)53)48-34-42(40-22-20-36-12-8-10-14-38(36)32-40)24-28-50(48)58(52)44-17-5-2-6-18-44/h1-34H. The normalized spacial score (nSPS) is 12.1. The third-order valence-corrected chi connectivity index (χ3v) is 12.5. The molecule has 59 heavy (non-hydrogen) atoms. The Morgan fingerprint density at radius 2 is 0.644 bits per heavy atom. The number of benzene rings is 10. The van der Waals surface area contributed by atoms with E-state index in [0.29, 0.717) is 0 Å². The van der Waals surface area contributed by atoms with E-state index in [0.717, 1.165) is 66.2 Å². The SMILES string of the molecule is c1ccc(-n2c3ccc(-c4ccc5ccccc5c4)cc3c3c4oc5c(ccc6c5c5cc(-c7ccc8ccccc8c7)ccc5n6-c5ccccc5)c4ccc32)cc1. The smallest absolute Gasteiger partial charge is 0.145 e. The molecule has 0 atom stereocenters. The van der Waals surface area contributed by atoms with Crippen molar-refractivity contribution in [3.63, 3.8) is 0 Å². The number of rotatable bonds is 4. The van der Waals surface area contributed by atoms with Crippen molar-refractivity contribution < 1.29 is 4.42 Å². The lowest BCUT2D eigenvalue weighted by atomic mass is 9.99. The van der Waals surface area contributed by atoms with Gasteiger partial charge in [0.2, 0.25) is 0 Å². The molecule has 0 aliphatic heterocycles. The zero-order valence-corrected chi connectivity index (χ0v) is 31.9. The molecule has 0 saturated heterocycles. The van der Waals surface area contributed by atoms with Gasteiger partial charge in [-0.3, -0.25) is 0 Å². The third-order valence-electron chi connectivity index (χ3n) is 12.5. The molecule has 3 heteroatoms. The van der Waals surface area contributed by atoms with Gasteiger partial charge in [-0.25, -0.2) is 0 Å². The van der Waals surface area contributed by atoms with Crippen molar-refractivity contribution in [1.82, 2.24) is 9.13 Å². The molecular weight excluding hydrogens is 717 g/mol. The highest BCUT2D eigenvalue weighted by Gasteiger charge is 2.23. The highest BCUT2D eigenvalue weighted by molar-refractivity contribution is 6.29. The maximum Gasteiger partial charge on any atom is 0.145 e. The molecule has 0 bridgehead atoms. The quantitative estimate of drug-likeness (QED) is 0.176. The average Bonchev–Trinajstić information content (AvgIpc) is 3.96. The first-order chi connectivity index (χ1) is 29.2. The fraction of sp³-hybridized carbons (Fsp3) is 0. The molecule has 13 aromatic rings. The Hall–Kier alpha value is -7.88. The minimum Gasteiger partial charge on any atom is -0.455 e. The summed E-state index contributed by atoms with van der Waals surface area (Å²) in [6, 6.07) is 74.9. The molecule has 0 fully saturated rings. The Morgan fingerprint density at radius 3 is 1.10 bits per heavy atom. The number of furan rings is 1. The Balaban J connectivity index is 1.12. The summed E-state index contributed by atoms with van der Waals surface area (Å²) in [6.45, 7) is 0. The van der Waals surface area contributed by atoms with Crippen LogP contribution in [0.5, 0.6) is 0 Å². The summed E-state index contributed by atoms with van der Waals surface area (Å²) < 4.78 is 12.1. The average molecular weight is 751 g/mol. The van der Waals surface area contributed by atoms with Crippen LogP contribution in [0.25, 0.3) is 121 Å². The Kier molecular flexibility index (Phi) is 6.72. The molecule has 3 heterocycles. The van der Waals surface area contributed by atoms with Crippen LogP contribution in [0, 0.1) is 0 Å². The fourth-order valence-electron chi connectivity index (χ4n) is 9.71. The molecule has 0 saturated carbocycles. The molecular formula is C56H34N2O. The number of para-hydroxylation sites is 2. The summed E-state index contributed by atoms with van der Waals surface area (Å²) in [7, 11) is 0. The minimum atomic E-state index is 0.909. The van der Waals surface area contributed by atoms with Crippen LogP contribution in [0.15, 0.2) is 211 Å². The maximum atomic E-state index is 7.37. The topological polar surface area (TPSA) is 23.0 Å². The molecule has 3 aromatic heterocycles. The molecule has 13 rings (SSSR count). The Labute approximate surface area is 339 Å². The van der Waals surface area contributed by atoms with E-state index in [9.17, 15) is 0 Å². The lowest BCUT2D eigenvalue weighted by Gasteiger charge is -2.08. The van der Waals surface area contributed by atoms with E-state index in [1.54, 1.807) is 0 Å². The van der Waals surface area contributed by atoms with Crippen LogP contribution >= 0.6 is 0 Å². The predicted molar refractivity (Wildman–Crippen MR) is 248 cm³/mol. The molecule has 0 aliphatic carbocycles. The first-order valence-corrected chi connectivity index (χ1v) is 20.2. The fourth-order valence-corrected chi connectivity index (χ4v) is 9.71. The van der Waals surface area contributed by atoms with Gasteiger partial charge < -0.3 is 13.6 Å². The van der Waals surface area contributed by atoms with Gasteiger partial charge in [0.15, 0.2) is 0 Å². The second-order valence-corrected chi connectivity index (χ2v) is 15.7. The van der Waals surface area contributed by atoms with Crippen LogP contribution in [0.1, 0.15) is 0 Å². The number of hydrogen-bond donors (Lipinski definition) is 0. The lowest BCUT2D eigenvalue weighted by Crippen LogP contribution is -1.93. The van der Waals surface area contributed by atoms with Crippen molar-refractivity contribution in [2.24, 2.45) is 0 Å². The summed E-state index contributed by atoms with van der Waals surface area (Å²) in [5.74, 6) is 0. The summed E-state index contributed by atoms with van der Waals surface area (Å²) >= 11 is 0. The van der Waals surface area contributed by atoms with E-state index in [2.05, 4.69) is 215 Å². The van der Waals surface area contributed by atoms with Gasteiger partial charge in [0.25, 0.3) is 0 Å². The number of nitrogens with zero attached hydrogens (tertiary/aromatic N) is 2.